The van der Waals surface area contributed by atoms with Gasteiger partial charge in [-0.2, -0.15) is 5.10 Å². The number of alkyl halides is 1. The molecule has 1 saturated carbocycles. The van der Waals surface area contributed by atoms with Crippen molar-refractivity contribution in [2.24, 2.45) is 5.92 Å². The highest BCUT2D eigenvalue weighted by molar-refractivity contribution is 6.35. The number of aromatic amines is 1. The summed E-state index contributed by atoms with van der Waals surface area (Å²) < 4.78 is 35.3. The van der Waals surface area contributed by atoms with Crippen molar-refractivity contribution in [3.05, 3.63) is 41.2 Å². The molecule has 3 aromatic heterocycles. The molecule has 11 heteroatoms. The summed E-state index contributed by atoms with van der Waals surface area (Å²) in [5, 5.41) is 10.1. The van der Waals surface area contributed by atoms with Gasteiger partial charge in [0.15, 0.2) is 11.5 Å². The lowest BCUT2D eigenvalue weighted by Crippen LogP contribution is -2.15. The molecule has 32 heavy (non-hydrogen) atoms. The lowest BCUT2D eigenvalue weighted by atomic mass is 9.95. The second-order valence-corrected chi connectivity index (χ2v) is 8.32. The SMILES string of the molecule is COC[C@@H](C)c1c(F)c(Cl)c(-c2cn3cc(NC(=O)C4CC4F)nc3cn2)c2cn[nH]c12. The fourth-order valence-corrected chi connectivity index (χ4v) is 4.23. The van der Waals surface area contributed by atoms with Gasteiger partial charge in [-0.1, -0.05) is 18.5 Å². The summed E-state index contributed by atoms with van der Waals surface area (Å²) in [6, 6.07) is 0. The molecule has 0 saturated heterocycles. The van der Waals surface area contributed by atoms with Crippen molar-refractivity contribution in [3.8, 4) is 11.3 Å². The van der Waals surface area contributed by atoms with Crippen LogP contribution in [0.2, 0.25) is 5.02 Å². The highest BCUT2D eigenvalue weighted by Gasteiger charge is 2.43. The minimum absolute atomic E-state index is 0.0694. The summed E-state index contributed by atoms with van der Waals surface area (Å²) in [5.41, 5.74) is 2.17. The first-order chi connectivity index (χ1) is 15.4. The number of halogens is 3. The van der Waals surface area contributed by atoms with Crippen LogP contribution in [0.15, 0.2) is 24.8 Å². The molecule has 1 aromatic carbocycles. The number of aromatic nitrogens is 5. The van der Waals surface area contributed by atoms with Crippen molar-refractivity contribution < 1.29 is 18.3 Å². The van der Waals surface area contributed by atoms with E-state index in [0.29, 0.717) is 40.0 Å². The monoisotopic (exact) mass is 460 g/mol. The predicted octanol–water partition coefficient (Wildman–Crippen LogP) is 4.11. The zero-order valence-electron chi connectivity index (χ0n) is 17.2. The minimum atomic E-state index is -1.09. The molecule has 0 spiro atoms. The highest BCUT2D eigenvalue weighted by atomic mass is 35.5. The van der Waals surface area contributed by atoms with Gasteiger partial charge in [-0.05, 0) is 6.42 Å². The molecular formula is C21H19ClF2N6O2. The lowest BCUT2D eigenvalue weighted by Gasteiger charge is -2.16. The van der Waals surface area contributed by atoms with E-state index >= 15 is 4.39 Å². The third-order valence-electron chi connectivity index (χ3n) is 5.63. The Balaban J connectivity index is 1.57. The Morgan fingerprint density at radius 3 is 2.94 bits per heavy atom. The normalized spacial score (nSPS) is 18.9. The first-order valence-electron chi connectivity index (χ1n) is 10.0. The number of imidazole rings is 1. The van der Waals surface area contributed by atoms with Crippen molar-refractivity contribution >= 4 is 39.9 Å². The van der Waals surface area contributed by atoms with Crippen LogP contribution in [-0.2, 0) is 9.53 Å². The van der Waals surface area contributed by atoms with Crippen molar-refractivity contribution in [3.63, 3.8) is 0 Å². The number of anilines is 1. The molecule has 166 valence electrons. The minimum Gasteiger partial charge on any atom is -0.384 e. The Bertz CT molecular complexity index is 1350. The smallest absolute Gasteiger partial charge is 0.231 e. The number of hydrogen-bond donors (Lipinski definition) is 2. The second kappa shape index (κ2) is 7.79. The molecule has 0 bridgehead atoms. The van der Waals surface area contributed by atoms with E-state index in [0.717, 1.165) is 0 Å². The molecule has 8 nitrogen and oxygen atoms in total. The van der Waals surface area contributed by atoms with E-state index < -0.39 is 23.8 Å². The standard InChI is InChI=1S/C21H19ClF2N6O2/c1-9(8-32-2)16-19(24)18(22)17(11-4-26-29-20(11)16)13-6-30-7-14(27-15(30)5-25-13)28-21(31)10-3-12(10)23/h4-7,9-10,12H,3,8H2,1-2H3,(H,26,29)(H,28,31)/t9-,10?,12?/m1/s1. The average molecular weight is 461 g/mol. The zero-order chi connectivity index (χ0) is 22.6. The van der Waals surface area contributed by atoms with Gasteiger partial charge in [0, 0.05) is 35.7 Å². The topological polar surface area (TPSA) is 97.2 Å². The number of benzene rings is 1. The highest BCUT2D eigenvalue weighted by Crippen LogP contribution is 2.41. The van der Waals surface area contributed by atoms with E-state index in [-0.39, 0.29) is 23.2 Å². The van der Waals surface area contributed by atoms with Gasteiger partial charge in [-0.15, -0.1) is 0 Å². The first-order valence-corrected chi connectivity index (χ1v) is 10.4. The summed E-state index contributed by atoms with van der Waals surface area (Å²) >= 11 is 6.48. The Hall–Kier alpha value is -3.11. The molecule has 1 aliphatic carbocycles. The van der Waals surface area contributed by atoms with Crippen molar-refractivity contribution in [2.75, 3.05) is 19.0 Å². The number of ether oxygens (including phenoxy) is 1. The third kappa shape index (κ3) is 3.39. The van der Waals surface area contributed by atoms with E-state index in [9.17, 15) is 9.18 Å². The van der Waals surface area contributed by atoms with Crippen LogP contribution in [0.4, 0.5) is 14.6 Å². The Morgan fingerprint density at radius 1 is 1.44 bits per heavy atom. The summed E-state index contributed by atoms with van der Waals surface area (Å²) in [7, 11) is 1.55. The third-order valence-corrected chi connectivity index (χ3v) is 5.99. The molecule has 0 radical (unpaired) electrons. The molecule has 1 fully saturated rings. The first kappa shape index (κ1) is 20.8. The number of carbonyl (C=O) groups excluding carboxylic acids is 1. The Labute approximate surface area is 185 Å². The molecule has 3 atom stereocenters. The molecule has 3 heterocycles. The number of H-pyrrole nitrogens is 1. The molecule has 4 aromatic rings. The maximum absolute atomic E-state index is 15.3. The largest absolute Gasteiger partial charge is 0.384 e. The Morgan fingerprint density at radius 2 is 2.22 bits per heavy atom. The molecular weight excluding hydrogens is 442 g/mol. The van der Waals surface area contributed by atoms with Gasteiger partial charge in [0.05, 0.1) is 47.3 Å². The number of methoxy groups -OCH3 is 1. The average Bonchev–Trinajstić information content (AvgIpc) is 3.12. The van der Waals surface area contributed by atoms with Crippen LogP contribution in [0.3, 0.4) is 0 Å². The van der Waals surface area contributed by atoms with Gasteiger partial charge < -0.3 is 14.5 Å². The number of nitrogens with zero attached hydrogens (tertiary/aromatic N) is 4. The molecule has 1 aliphatic rings. The summed E-state index contributed by atoms with van der Waals surface area (Å²) in [4.78, 5) is 20.7. The van der Waals surface area contributed by atoms with Crippen LogP contribution in [0, 0.1) is 11.7 Å². The number of nitrogens with one attached hydrogen (secondary N) is 2. The van der Waals surface area contributed by atoms with Crippen molar-refractivity contribution in [1.29, 1.82) is 0 Å². The number of amides is 1. The zero-order valence-corrected chi connectivity index (χ0v) is 18.0. The van der Waals surface area contributed by atoms with Crippen LogP contribution < -0.4 is 5.32 Å². The number of carbonyl (C=O) groups is 1. The molecule has 0 aliphatic heterocycles. The van der Waals surface area contributed by atoms with E-state index in [2.05, 4.69) is 25.5 Å². The number of fused-ring (bicyclic) bond motifs is 2. The van der Waals surface area contributed by atoms with Gasteiger partial charge in [0.25, 0.3) is 0 Å². The van der Waals surface area contributed by atoms with Crippen LogP contribution in [0.1, 0.15) is 24.8 Å². The fraction of sp³-hybridized carbons (Fsp3) is 0.333. The van der Waals surface area contributed by atoms with E-state index in [1.54, 1.807) is 30.1 Å². The Kier molecular flexibility index (Phi) is 5.06. The van der Waals surface area contributed by atoms with Crippen LogP contribution in [-0.4, -0.2) is 50.4 Å². The number of rotatable bonds is 6. The maximum atomic E-state index is 15.3. The molecule has 5 rings (SSSR count). The maximum Gasteiger partial charge on any atom is 0.231 e. The molecule has 1 amide bonds. The molecule has 2 N–H and O–H groups in total. The van der Waals surface area contributed by atoms with Gasteiger partial charge in [0.1, 0.15) is 12.0 Å². The van der Waals surface area contributed by atoms with Crippen LogP contribution in [0.25, 0.3) is 27.8 Å². The van der Waals surface area contributed by atoms with Crippen LogP contribution in [0.5, 0.6) is 0 Å². The summed E-state index contributed by atoms with van der Waals surface area (Å²) in [6.07, 6.45) is 5.42. The van der Waals surface area contributed by atoms with E-state index in [4.69, 9.17) is 16.3 Å². The van der Waals surface area contributed by atoms with Gasteiger partial charge in [-0.3, -0.25) is 14.9 Å². The van der Waals surface area contributed by atoms with Gasteiger partial charge in [-0.25, -0.2) is 13.8 Å². The van der Waals surface area contributed by atoms with E-state index in [1.807, 2.05) is 6.92 Å². The second-order valence-electron chi connectivity index (χ2n) is 7.94. The van der Waals surface area contributed by atoms with Crippen molar-refractivity contribution in [1.82, 2.24) is 24.6 Å². The fourth-order valence-electron chi connectivity index (χ4n) is 3.93. The van der Waals surface area contributed by atoms with E-state index in [1.165, 1.54) is 6.20 Å². The molecule has 2 unspecified atom stereocenters. The van der Waals surface area contributed by atoms with Crippen LogP contribution >= 0.6 is 11.6 Å². The summed E-state index contributed by atoms with van der Waals surface area (Å²) in [5.74, 6) is -1.56. The van der Waals surface area contributed by atoms with Gasteiger partial charge in [0.2, 0.25) is 5.91 Å². The predicted molar refractivity (Wildman–Crippen MR) is 115 cm³/mol. The lowest BCUT2D eigenvalue weighted by molar-refractivity contribution is -0.117. The quantitative estimate of drug-likeness (QED) is 0.451. The number of hydrogen-bond acceptors (Lipinski definition) is 5. The summed E-state index contributed by atoms with van der Waals surface area (Å²) in [6.45, 7) is 2.16. The van der Waals surface area contributed by atoms with Crippen molar-refractivity contribution in [2.45, 2.75) is 25.4 Å². The van der Waals surface area contributed by atoms with Gasteiger partial charge >= 0.3 is 0 Å².